The Balaban J connectivity index is 1.63. The zero-order chi connectivity index (χ0) is 18.0. The highest BCUT2D eigenvalue weighted by Gasteiger charge is 2.41. The Kier molecular flexibility index (Phi) is 4.86. The van der Waals surface area contributed by atoms with Gasteiger partial charge in [0.1, 0.15) is 5.01 Å². The minimum absolute atomic E-state index is 0.0459. The van der Waals surface area contributed by atoms with E-state index in [0.717, 1.165) is 12.8 Å². The molecule has 1 unspecified atom stereocenters. The molecule has 0 aromatic carbocycles. The number of hydrogen-bond acceptors (Lipinski definition) is 6. The highest BCUT2D eigenvalue weighted by atomic mass is 32.1. The van der Waals surface area contributed by atoms with Gasteiger partial charge < -0.3 is 10.0 Å². The number of carbonyl (C=O) groups is 2. The molecule has 2 aliphatic heterocycles. The Hall–Kier alpha value is -2.27. The van der Waals surface area contributed by atoms with Gasteiger partial charge in [-0.1, -0.05) is 0 Å². The molecule has 1 atom stereocenters. The lowest BCUT2D eigenvalue weighted by atomic mass is 10.0. The summed E-state index contributed by atoms with van der Waals surface area (Å²) in [7, 11) is 0. The molecule has 8 heteroatoms. The van der Waals surface area contributed by atoms with Gasteiger partial charge in [0, 0.05) is 37.1 Å². The van der Waals surface area contributed by atoms with Crippen molar-refractivity contribution < 1.29 is 14.7 Å². The number of terminal acetylenes is 1. The van der Waals surface area contributed by atoms with Gasteiger partial charge in [0.15, 0.2) is 11.4 Å². The van der Waals surface area contributed by atoms with Gasteiger partial charge in [0.05, 0.1) is 6.04 Å². The van der Waals surface area contributed by atoms with Crippen LogP contribution in [0.3, 0.4) is 0 Å². The molecule has 1 aromatic heterocycles. The summed E-state index contributed by atoms with van der Waals surface area (Å²) in [5.41, 5.74) is -0.367. The zero-order valence-electron chi connectivity index (χ0n) is 14.1. The predicted octanol–water partition coefficient (Wildman–Crippen LogP) is 3.17. The molecule has 0 spiro atoms. The number of carboxylic acid groups (broad SMARTS) is 1. The monoisotopic (exact) mass is 360 g/mol. The molecule has 2 aliphatic rings. The van der Waals surface area contributed by atoms with Gasteiger partial charge in [-0.2, -0.15) is 10.2 Å². The first kappa shape index (κ1) is 17.5. The zero-order valence-corrected chi connectivity index (χ0v) is 14.9. The van der Waals surface area contributed by atoms with Crippen molar-refractivity contribution >= 4 is 23.2 Å². The van der Waals surface area contributed by atoms with Crippen molar-refractivity contribution in [1.29, 1.82) is 0 Å². The van der Waals surface area contributed by atoms with E-state index in [0.29, 0.717) is 42.1 Å². The van der Waals surface area contributed by atoms with Gasteiger partial charge in [0.2, 0.25) is 5.91 Å². The molecule has 3 rings (SSSR count). The molecule has 0 radical (unpaired) electrons. The summed E-state index contributed by atoms with van der Waals surface area (Å²) < 4.78 is 0. The Bertz CT molecular complexity index is 758. The number of aryl methyl sites for hydroxylation is 1. The SMILES string of the molecule is C#CCCC1(CCC(=O)N2CCCC2c2nc(C(=O)O)c(C)s2)N=N1. The number of aromatic carboxylic acids is 1. The predicted molar refractivity (Wildman–Crippen MR) is 92.4 cm³/mol. The Morgan fingerprint density at radius 1 is 1.44 bits per heavy atom. The standard InChI is InChI=1S/C17H20N4O3S/c1-3-4-8-17(19-20-17)9-7-13(22)21-10-5-6-12(21)15-18-14(16(23)24)11(2)25-15/h1,12H,4-10H2,2H3,(H,23,24). The smallest absolute Gasteiger partial charge is 0.355 e. The molecular weight excluding hydrogens is 340 g/mol. The summed E-state index contributed by atoms with van der Waals surface area (Å²) in [5, 5.41) is 18.0. The van der Waals surface area contributed by atoms with Crippen molar-refractivity contribution in [3.8, 4) is 12.3 Å². The number of hydrogen-bond donors (Lipinski definition) is 1. The van der Waals surface area contributed by atoms with E-state index in [9.17, 15) is 14.7 Å². The summed E-state index contributed by atoms with van der Waals surface area (Å²) in [4.78, 5) is 30.6. The molecule has 132 valence electrons. The fourth-order valence-corrected chi connectivity index (χ4v) is 4.26. The first-order valence-electron chi connectivity index (χ1n) is 8.33. The van der Waals surface area contributed by atoms with E-state index in [1.54, 1.807) is 6.92 Å². The van der Waals surface area contributed by atoms with E-state index in [-0.39, 0.29) is 17.6 Å². The number of thiazole rings is 1. The molecule has 7 nitrogen and oxygen atoms in total. The van der Waals surface area contributed by atoms with Crippen LogP contribution in [0.15, 0.2) is 10.2 Å². The number of nitrogens with zero attached hydrogens (tertiary/aromatic N) is 4. The van der Waals surface area contributed by atoms with Crippen molar-refractivity contribution in [2.24, 2.45) is 10.2 Å². The molecule has 0 aliphatic carbocycles. The van der Waals surface area contributed by atoms with E-state index in [1.165, 1.54) is 11.3 Å². The lowest BCUT2D eigenvalue weighted by molar-refractivity contribution is -0.132. The fraction of sp³-hybridized carbons (Fsp3) is 0.588. The minimum Gasteiger partial charge on any atom is -0.476 e. The highest BCUT2D eigenvalue weighted by Crippen LogP contribution is 2.40. The van der Waals surface area contributed by atoms with Gasteiger partial charge >= 0.3 is 5.97 Å². The van der Waals surface area contributed by atoms with Crippen molar-refractivity contribution in [3.63, 3.8) is 0 Å². The van der Waals surface area contributed by atoms with E-state index in [2.05, 4.69) is 21.1 Å². The van der Waals surface area contributed by atoms with Crippen LogP contribution in [-0.2, 0) is 4.79 Å². The van der Waals surface area contributed by atoms with Crippen LogP contribution >= 0.6 is 11.3 Å². The van der Waals surface area contributed by atoms with E-state index < -0.39 is 11.6 Å². The number of carbonyl (C=O) groups excluding carboxylic acids is 1. The number of amides is 1. The van der Waals surface area contributed by atoms with Crippen LogP contribution in [0.2, 0.25) is 0 Å². The maximum atomic E-state index is 12.7. The maximum Gasteiger partial charge on any atom is 0.355 e. The second-order valence-corrected chi connectivity index (χ2v) is 7.63. The minimum atomic E-state index is -1.02. The summed E-state index contributed by atoms with van der Waals surface area (Å²) in [6.45, 7) is 2.42. The van der Waals surface area contributed by atoms with Crippen LogP contribution in [0.25, 0.3) is 0 Å². The summed E-state index contributed by atoms with van der Waals surface area (Å²) >= 11 is 1.36. The van der Waals surface area contributed by atoms with Gasteiger partial charge in [0.25, 0.3) is 0 Å². The molecular formula is C17H20N4O3S. The number of carboxylic acids is 1. The first-order valence-corrected chi connectivity index (χ1v) is 9.15. The molecule has 0 saturated carbocycles. The second kappa shape index (κ2) is 6.92. The molecule has 25 heavy (non-hydrogen) atoms. The van der Waals surface area contributed by atoms with Gasteiger partial charge in [-0.3, -0.25) is 4.79 Å². The van der Waals surface area contributed by atoms with E-state index in [1.807, 2.05) is 4.90 Å². The average molecular weight is 360 g/mol. The lowest BCUT2D eigenvalue weighted by Crippen LogP contribution is -2.31. The first-order chi connectivity index (χ1) is 12.0. The van der Waals surface area contributed by atoms with Crippen LogP contribution in [0.5, 0.6) is 0 Å². The maximum absolute atomic E-state index is 12.7. The Morgan fingerprint density at radius 2 is 2.20 bits per heavy atom. The van der Waals surface area contributed by atoms with Crippen LogP contribution < -0.4 is 0 Å². The summed E-state index contributed by atoms with van der Waals surface area (Å²) in [6.07, 6.45) is 9.22. The lowest BCUT2D eigenvalue weighted by Gasteiger charge is -2.23. The third-order valence-corrected chi connectivity index (χ3v) is 5.74. The number of likely N-dealkylation sites (tertiary alicyclic amines) is 1. The van der Waals surface area contributed by atoms with Crippen LogP contribution in [0.1, 0.15) is 64.9 Å². The fourth-order valence-electron chi connectivity index (χ4n) is 3.20. The molecule has 0 bridgehead atoms. The Labute approximate surface area is 150 Å². The van der Waals surface area contributed by atoms with Crippen LogP contribution in [0, 0.1) is 19.3 Å². The molecule has 1 aromatic rings. The molecule has 3 heterocycles. The second-order valence-electron chi connectivity index (χ2n) is 6.39. The van der Waals surface area contributed by atoms with Crippen molar-refractivity contribution in [1.82, 2.24) is 9.88 Å². The molecule has 1 N–H and O–H groups in total. The largest absolute Gasteiger partial charge is 0.476 e. The van der Waals surface area contributed by atoms with E-state index in [4.69, 9.17) is 6.42 Å². The number of rotatable bonds is 7. The van der Waals surface area contributed by atoms with Gasteiger partial charge in [-0.25, -0.2) is 9.78 Å². The normalized spacial score (nSPS) is 20.5. The topological polar surface area (TPSA) is 95.2 Å². The average Bonchev–Trinajstić information content (AvgIpc) is 3.00. The molecule has 1 amide bonds. The summed E-state index contributed by atoms with van der Waals surface area (Å²) in [6, 6.07) is -0.126. The molecule has 1 fully saturated rings. The van der Waals surface area contributed by atoms with Crippen molar-refractivity contribution in [3.05, 3.63) is 15.6 Å². The Morgan fingerprint density at radius 3 is 2.80 bits per heavy atom. The van der Waals surface area contributed by atoms with Crippen LogP contribution in [-0.4, -0.2) is 39.1 Å². The van der Waals surface area contributed by atoms with Gasteiger partial charge in [-0.15, -0.1) is 23.7 Å². The third kappa shape index (κ3) is 3.71. The summed E-state index contributed by atoms with van der Waals surface area (Å²) in [5.74, 6) is 1.60. The van der Waals surface area contributed by atoms with E-state index >= 15 is 0 Å². The van der Waals surface area contributed by atoms with Crippen molar-refractivity contribution in [2.45, 2.75) is 57.2 Å². The quantitative estimate of drug-likeness (QED) is 0.756. The third-order valence-electron chi connectivity index (χ3n) is 4.67. The van der Waals surface area contributed by atoms with Gasteiger partial charge in [-0.05, 0) is 19.8 Å². The highest BCUT2D eigenvalue weighted by molar-refractivity contribution is 7.12. The van der Waals surface area contributed by atoms with Crippen molar-refractivity contribution in [2.75, 3.05) is 6.54 Å². The molecule has 1 saturated heterocycles. The van der Waals surface area contributed by atoms with Crippen LogP contribution in [0.4, 0.5) is 0 Å². The number of aromatic nitrogens is 1.